The van der Waals surface area contributed by atoms with Crippen LogP contribution >= 0.6 is 0 Å². The van der Waals surface area contributed by atoms with Crippen LogP contribution in [0.25, 0.3) is 0 Å². The molecule has 0 spiro atoms. The Morgan fingerprint density at radius 2 is 2.00 bits per heavy atom. The second-order valence-electron chi connectivity index (χ2n) is 5.63. The molecule has 0 saturated heterocycles. The molecule has 1 aromatic carbocycles. The predicted octanol–water partition coefficient (Wildman–Crippen LogP) is 2.00. The summed E-state index contributed by atoms with van der Waals surface area (Å²) in [5, 5.41) is 2.77. The van der Waals surface area contributed by atoms with Crippen molar-refractivity contribution in [2.75, 3.05) is 6.54 Å². The third-order valence-electron chi connectivity index (χ3n) is 2.98. The first-order chi connectivity index (χ1) is 8.74. The fourth-order valence-electron chi connectivity index (χ4n) is 1.71. The van der Waals surface area contributed by atoms with Crippen LogP contribution in [0.15, 0.2) is 18.2 Å². The lowest BCUT2D eigenvalue weighted by Gasteiger charge is -2.30. The molecule has 3 nitrogen and oxygen atoms in total. The van der Waals surface area contributed by atoms with Crippen LogP contribution < -0.4 is 11.1 Å². The van der Waals surface area contributed by atoms with Gasteiger partial charge in [-0.25, -0.2) is 8.78 Å². The van der Waals surface area contributed by atoms with Gasteiger partial charge < -0.3 is 11.1 Å². The Kier molecular flexibility index (Phi) is 5.00. The Morgan fingerprint density at radius 1 is 1.37 bits per heavy atom. The molecular weight excluding hydrogens is 250 g/mol. The first-order valence-corrected chi connectivity index (χ1v) is 6.17. The van der Waals surface area contributed by atoms with Gasteiger partial charge in [-0.1, -0.05) is 26.8 Å². The highest BCUT2D eigenvalue weighted by molar-refractivity contribution is 5.79. The first-order valence-electron chi connectivity index (χ1n) is 6.17. The maximum absolute atomic E-state index is 13.4. The van der Waals surface area contributed by atoms with Crippen molar-refractivity contribution in [2.45, 2.75) is 33.2 Å². The topological polar surface area (TPSA) is 55.1 Å². The van der Waals surface area contributed by atoms with Crippen LogP contribution in [0.4, 0.5) is 8.78 Å². The van der Waals surface area contributed by atoms with Gasteiger partial charge in [-0.3, -0.25) is 4.79 Å². The van der Waals surface area contributed by atoms with Crippen LogP contribution in [0.1, 0.15) is 26.3 Å². The van der Waals surface area contributed by atoms with E-state index in [1.807, 2.05) is 20.8 Å². The molecule has 3 N–H and O–H groups in total. The number of nitrogens with one attached hydrogen (secondary N) is 1. The van der Waals surface area contributed by atoms with Crippen LogP contribution in [-0.2, 0) is 11.2 Å². The summed E-state index contributed by atoms with van der Waals surface area (Å²) < 4.78 is 26.2. The molecule has 0 aromatic heterocycles. The molecule has 1 rings (SSSR count). The summed E-state index contributed by atoms with van der Waals surface area (Å²) in [6.45, 7) is 6.19. The summed E-state index contributed by atoms with van der Waals surface area (Å²) in [5.41, 5.74) is 5.61. The lowest BCUT2D eigenvalue weighted by molar-refractivity contribution is -0.121. The largest absolute Gasteiger partial charge is 0.351 e. The molecule has 1 amide bonds. The first kappa shape index (κ1) is 15.6. The van der Waals surface area contributed by atoms with E-state index >= 15 is 0 Å². The van der Waals surface area contributed by atoms with Crippen molar-refractivity contribution < 1.29 is 13.6 Å². The molecule has 19 heavy (non-hydrogen) atoms. The Morgan fingerprint density at radius 3 is 2.47 bits per heavy atom. The summed E-state index contributed by atoms with van der Waals surface area (Å²) in [7, 11) is 0. The number of rotatable bonds is 4. The van der Waals surface area contributed by atoms with E-state index in [-0.39, 0.29) is 29.3 Å². The summed E-state index contributed by atoms with van der Waals surface area (Å²) in [5.74, 6) is -1.69. The molecule has 0 aliphatic carbocycles. The number of hydrogen-bond acceptors (Lipinski definition) is 2. The summed E-state index contributed by atoms with van der Waals surface area (Å²) in [4.78, 5) is 11.8. The van der Waals surface area contributed by atoms with E-state index in [2.05, 4.69) is 5.32 Å². The lowest BCUT2D eigenvalue weighted by atomic mass is 9.86. The maximum Gasteiger partial charge on any atom is 0.224 e. The van der Waals surface area contributed by atoms with Crippen LogP contribution in [0.2, 0.25) is 0 Å². The quantitative estimate of drug-likeness (QED) is 0.879. The Labute approximate surface area is 112 Å². The second-order valence-corrected chi connectivity index (χ2v) is 5.63. The zero-order valence-corrected chi connectivity index (χ0v) is 11.5. The van der Waals surface area contributed by atoms with E-state index in [9.17, 15) is 13.6 Å². The van der Waals surface area contributed by atoms with Gasteiger partial charge in [0.05, 0.1) is 6.42 Å². The van der Waals surface area contributed by atoms with Gasteiger partial charge in [0.1, 0.15) is 11.6 Å². The highest BCUT2D eigenvalue weighted by atomic mass is 19.1. The minimum Gasteiger partial charge on any atom is -0.351 e. The number of nitrogens with two attached hydrogens (primary N) is 1. The lowest BCUT2D eigenvalue weighted by Crippen LogP contribution is -2.48. The molecule has 0 fully saturated rings. The summed E-state index contributed by atoms with van der Waals surface area (Å²) >= 11 is 0. The van der Waals surface area contributed by atoms with E-state index in [0.29, 0.717) is 6.54 Å². The third kappa shape index (κ3) is 4.59. The van der Waals surface area contributed by atoms with E-state index < -0.39 is 11.6 Å². The Bertz CT molecular complexity index is 455. The van der Waals surface area contributed by atoms with Gasteiger partial charge in [-0.15, -0.1) is 0 Å². The minimum atomic E-state index is -0.713. The van der Waals surface area contributed by atoms with Crippen molar-refractivity contribution in [1.82, 2.24) is 5.32 Å². The van der Waals surface area contributed by atoms with Gasteiger partial charge >= 0.3 is 0 Å². The molecule has 0 aliphatic rings. The van der Waals surface area contributed by atoms with Gasteiger partial charge in [-0.05, 0) is 17.0 Å². The maximum atomic E-state index is 13.4. The van der Waals surface area contributed by atoms with Crippen molar-refractivity contribution in [2.24, 2.45) is 11.1 Å². The van der Waals surface area contributed by atoms with Crippen LogP contribution in [-0.4, -0.2) is 18.5 Å². The normalized spacial score (nSPS) is 13.2. The average Bonchev–Trinajstić information content (AvgIpc) is 2.28. The number of halogens is 2. The zero-order valence-electron chi connectivity index (χ0n) is 11.5. The molecule has 0 heterocycles. The smallest absolute Gasteiger partial charge is 0.224 e. The number of carbonyl (C=O) groups is 1. The van der Waals surface area contributed by atoms with Crippen LogP contribution in [0, 0.1) is 17.0 Å². The predicted molar refractivity (Wildman–Crippen MR) is 70.5 cm³/mol. The molecule has 1 atom stereocenters. The summed E-state index contributed by atoms with van der Waals surface area (Å²) in [6, 6.07) is 2.99. The molecule has 5 heteroatoms. The fraction of sp³-hybridized carbons (Fsp3) is 0.500. The number of amides is 1. The SMILES string of the molecule is CC(C)(C)C(CN)NC(=O)Cc1ccc(F)cc1F. The van der Waals surface area contributed by atoms with Crippen molar-refractivity contribution in [3.8, 4) is 0 Å². The van der Waals surface area contributed by atoms with Crippen molar-refractivity contribution in [3.63, 3.8) is 0 Å². The highest BCUT2D eigenvalue weighted by Crippen LogP contribution is 2.18. The third-order valence-corrected chi connectivity index (χ3v) is 2.98. The van der Waals surface area contributed by atoms with Crippen LogP contribution in [0.5, 0.6) is 0 Å². The molecule has 0 saturated carbocycles. The van der Waals surface area contributed by atoms with Gasteiger partial charge in [-0.2, -0.15) is 0 Å². The monoisotopic (exact) mass is 270 g/mol. The highest BCUT2D eigenvalue weighted by Gasteiger charge is 2.25. The number of benzene rings is 1. The van der Waals surface area contributed by atoms with Gasteiger partial charge in [0.25, 0.3) is 0 Å². The fourth-order valence-corrected chi connectivity index (χ4v) is 1.71. The standard InChI is InChI=1S/C14H20F2N2O/c1-14(2,3)12(8-17)18-13(19)6-9-4-5-10(15)7-11(9)16/h4-5,7,12H,6,8,17H2,1-3H3,(H,18,19). The van der Waals surface area contributed by atoms with E-state index in [1.54, 1.807) is 0 Å². The van der Waals surface area contributed by atoms with Crippen molar-refractivity contribution >= 4 is 5.91 Å². The summed E-state index contributed by atoms with van der Waals surface area (Å²) in [6.07, 6.45) is -0.126. The molecule has 1 unspecified atom stereocenters. The van der Waals surface area contributed by atoms with Crippen molar-refractivity contribution in [3.05, 3.63) is 35.4 Å². The van der Waals surface area contributed by atoms with Gasteiger partial charge in [0.2, 0.25) is 5.91 Å². The van der Waals surface area contributed by atoms with E-state index in [4.69, 9.17) is 5.73 Å². The molecule has 0 aliphatic heterocycles. The van der Waals surface area contributed by atoms with Crippen LogP contribution in [0.3, 0.4) is 0 Å². The average molecular weight is 270 g/mol. The second kappa shape index (κ2) is 6.10. The molecule has 106 valence electrons. The Balaban J connectivity index is 2.70. The molecule has 0 radical (unpaired) electrons. The van der Waals surface area contributed by atoms with Crippen molar-refractivity contribution in [1.29, 1.82) is 0 Å². The number of hydrogen-bond donors (Lipinski definition) is 2. The van der Waals surface area contributed by atoms with E-state index in [0.717, 1.165) is 12.1 Å². The zero-order chi connectivity index (χ0) is 14.6. The van der Waals surface area contributed by atoms with Gasteiger partial charge in [0.15, 0.2) is 0 Å². The Hall–Kier alpha value is -1.49. The molecule has 0 bridgehead atoms. The minimum absolute atomic E-state index is 0.126. The van der Waals surface area contributed by atoms with E-state index in [1.165, 1.54) is 6.07 Å². The number of carbonyl (C=O) groups excluding carboxylic acids is 1. The van der Waals surface area contributed by atoms with Gasteiger partial charge in [0, 0.05) is 18.7 Å². The molecular formula is C14H20F2N2O. The molecule has 1 aromatic rings.